The zero-order chi connectivity index (χ0) is 21.7. The van der Waals surface area contributed by atoms with E-state index in [4.69, 9.17) is 4.74 Å². The molecule has 0 aliphatic carbocycles. The molecule has 0 aliphatic rings. The van der Waals surface area contributed by atoms with E-state index in [0.717, 1.165) is 29.1 Å². The number of rotatable bonds is 7. The van der Waals surface area contributed by atoms with Crippen LogP contribution in [0.4, 0.5) is 0 Å². The van der Waals surface area contributed by atoms with Crippen molar-refractivity contribution in [2.24, 2.45) is 17.3 Å². The third-order valence-corrected chi connectivity index (χ3v) is 4.72. The van der Waals surface area contributed by atoms with Crippen LogP contribution in [0.5, 0.6) is 0 Å². The maximum Gasteiger partial charge on any atom is 0.368 e. The van der Waals surface area contributed by atoms with Crippen LogP contribution in [0.3, 0.4) is 0 Å². The molecule has 2 aromatic heterocycles. The van der Waals surface area contributed by atoms with Gasteiger partial charge in [0.25, 0.3) is 0 Å². The Morgan fingerprint density at radius 1 is 1.17 bits per heavy atom. The van der Waals surface area contributed by atoms with Crippen molar-refractivity contribution in [3.63, 3.8) is 0 Å². The molecule has 10 nitrogen and oxygen atoms in total. The van der Waals surface area contributed by atoms with Crippen LogP contribution in [0.15, 0.2) is 45.5 Å². The number of hydrogen-bond acceptors (Lipinski definition) is 7. The van der Waals surface area contributed by atoms with Gasteiger partial charge in [-0.3, -0.25) is 4.68 Å². The largest absolute Gasteiger partial charge is 0.475 e. The topological polar surface area (TPSA) is 104 Å². The summed E-state index contributed by atoms with van der Waals surface area (Å²) in [4.78, 5) is 12.3. The van der Waals surface area contributed by atoms with E-state index in [1.54, 1.807) is 13.2 Å². The number of aryl methyl sites for hydroxylation is 3. The maximum atomic E-state index is 12.3. The zero-order valence-corrected chi connectivity index (χ0v) is 17.9. The number of benzene rings is 1. The van der Waals surface area contributed by atoms with E-state index >= 15 is 0 Å². The van der Waals surface area contributed by atoms with E-state index in [1.807, 2.05) is 56.6 Å². The summed E-state index contributed by atoms with van der Waals surface area (Å²) in [5.41, 5.74) is 3.80. The first-order chi connectivity index (χ1) is 14.5. The second kappa shape index (κ2) is 9.29. The maximum absolute atomic E-state index is 12.3. The molecule has 0 aliphatic heterocycles. The monoisotopic (exact) mass is 410 g/mol. The summed E-state index contributed by atoms with van der Waals surface area (Å²) in [7, 11) is 1.56. The minimum atomic E-state index is -0.320. The minimum absolute atomic E-state index is 0.235. The van der Waals surface area contributed by atoms with E-state index < -0.39 is 0 Å². The molecule has 2 heterocycles. The Labute approximate surface area is 174 Å². The molecular weight excluding hydrogens is 384 g/mol. The molecule has 1 aromatic carbocycles. The average Bonchev–Trinajstić information content (AvgIpc) is 3.35. The van der Waals surface area contributed by atoms with E-state index in [1.165, 1.54) is 9.36 Å². The van der Waals surface area contributed by atoms with Gasteiger partial charge in [-0.1, -0.05) is 19.1 Å². The van der Waals surface area contributed by atoms with Gasteiger partial charge < -0.3 is 4.74 Å². The standard InChI is InChI=1S/C20H26N8O2/c1-6-19(23-22-15(4)17-11-12-21-27(17)7-2)30-13-16-14(3)9-8-10-18(16)28-20(29)26(5)24-25-28/h8-12H,6-7,13H2,1-5H3. The Morgan fingerprint density at radius 3 is 2.63 bits per heavy atom. The summed E-state index contributed by atoms with van der Waals surface area (Å²) in [5.74, 6) is 0.498. The van der Waals surface area contributed by atoms with Crippen LogP contribution in [-0.4, -0.2) is 41.2 Å². The van der Waals surface area contributed by atoms with Gasteiger partial charge >= 0.3 is 5.69 Å². The summed E-state index contributed by atoms with van der Waals surface area (Å²) in [6.07, 6.45) is 2.32. The Morgan fingerprint density at radius 2 is 1.97 bits per heavy atom. The highest BCUT2D eigenvalue weighted by atomic mass is 16.5. The molecule has 0 saturated carbocycles. The van der Waals surface area contributed by atoms with E-state index in [-0.39, 0.29) is 12.3 Å². The van der Waals surface area contributed by atoms with Gasteiger partial charge in [-0.05, 0) is 48.9 Å². The lowest BCUT2D eigenvalue weighted by Crippen LogP contribution is -2.23. The SMILES string of the molecule is CCC(=NN=C(C)c1ccnn1CC)OCc1c(C)cccc1-n1nnn(C)c1=O. The molecule has 3 aromatic rings. The molecule has 30 heavy (non-hydrogen) atoms. The molecule has 158 valence electrons. The molecule has 0 spiro atoms. The van der Waals surface area contributed by atoms with Crippen molar-refractivity contribution >= 4 is 11.6 Å². The van der Waals surface area contributed by atoms with Crippen LogP contribution < -0.4 is 5.69 Å². The molecule has 0 bridgehead atoms. The van der Waals surface area contributed by atoms with Crippen molar-refractivity contribution < 1.29 is 4.74 Å². The second-order valence-electron chi connectivity index (χ2n) is 6.72. The molecule has 0 fully saturated rings. The fourth-order valence-electron chi connectivity index (χ4n) is 2.97. The molecular formula is C20H26N8O2. The van der Waals surface area contributed by atoms with Crippen LogP contribution in [0, 0.1) is 6.92 Å². The number of nitrogens with zero attached hydrogens (tertiary/aromatic N) is 8. The summed E-state index contributed by atoms with van der Waals surface area (Å²) in [6, 6.07) is 7.55. The Kier molecular flexibility index (Phi) is 6.55. The molecule has 0 radical (unpaired) electrons. The van der Waals surface area contributed by atoms with Crippen LogP contribution in [0.2, 0.25) is 0 Å². The number of ether oxygens (including phenoxy) is 1. The lowest BCUT2D eigenvalue weighted by molar-refractivity contribution is 0.282. The summed E-state index contributed by atoms with van der Waals surface area (Å²) < 4.78 is 10.3. The van der Waals surface area contributed by atoms with Crippen molar-refractivity contribution in [3.05, 3.63) is 57.8 Å². The van der Waals surface area contributed by atoms with Crippen molar-refractivity contribution in [1.82, 2.24) is 29.6 Å². The third kappa shape index (κ3) is 4.37. The summed E-state index contributed by atoms with van der Waals surface area (Å²) in [5, 5.41) is 20.6. The summed E-state index contributed by atoms with van der Waals surface area (Å²) in [6.45, 7) is 8.81. The van der Waals surface area contributed by atoms with Gasteiger partial charge in [0, 0.05) is 31.8 Å². The molecule has 3 rings (SSSR count). The van der Waals surface area contributed by atoms with Crippen molar-refractivity contribution in [2.45, 2.75) is 47.3 Å². The van der Waals surface area contributed by atoms with E-state index in [0.29, 0.717) is 18.0 Å². The van der Waals surface area contributed by atoms with Gasteiger partial charge in [0.05, 0.1) is 17.1 Å². The fraction of sp³-hybridized carbons (Fsp3) is 0.400. The molecule has 0 amide bonds. The molecule has 0 unspecified atom stereocenters. The fourth-order valence-corrected chi connectivity index (χ4v) is 2.97. The lowest BCUT2D eigenvalue weighted by atomic mass is 10.1. The molecule has 0 N–H and O–H groups in total. The smallest absolute Gasteiger partial charge is 0.368 e. The Bertz CT molecular complexity index is 1140. The van der Waals surface area contributed by atoms with Crippen molar-refractivity contribution in [1.29, 1.82) is 0 Å². The van der Waals surface area contributed by atoms with Gasteiger partial charge in [-0.2, -0.15) is 19.6 Å². The van der Waals surface area contributed by atoms with Gasteiger partial charge in [0.1, 0.15) is 6.61 Å². The predicted octanol–water partition coefficient (Wildman–Crippen LogP) is 2.24. The van der Waals surface area contributed by atoms with Gasteiger partial charge in [0.15, 0.2) is 0 Å². The highest BCUT2D eigenvalue weighted by molar-refractivity contribution is 5.97. The van der Waals surface area contributed by atoms with Crippen molar-refractivity contribution in [2.75, 3.05) is 0 Å². The summed E-state index contributed by atoms with van der Waals surface area (Å²) >= 11 is 0. The highest BCUT2D eigenvalue weighted by Gasteiger charge is 2.14. The zero-order valence-electron chi connectivity index (χ0n) is 17.9. The van der Waals surface area contributed by atoms with Crippen LogP contribution in [-0.2, 0) is 24.9 Å². The first-order valence-corrected chi connectivity index (χ1v) is 9.80. The lowest BCUT2D eigenvalue weighted by Gasteiger charge is -2.13. The van der Waals surface area contributed by atoms with Crippen molar-refractivity contribution in [3.8, 4) is 5.69 Å². The van der Waals surface area contributed by atoms with Gasteiger partial charge in [-0.15, -0.1) is 5.10 Å². The van der Waals surface area contributed by atoms with Crippen LogP contribution in [0.1, 0.15) is 44.0 Å². The first kappa shape index (κ1) is 21.2. The molecule has 0 atom stereocenters. The van der Waals surface area contributed by atoms with Gasteiger partial charge in [0.2, 0.25) is 5.90 Å². The average molecular weight is 410 g/mol. The number of aromatic nitrogens is 6. The predicted molar refractivity (Wildman–Crippen MR) is 114 cm³/mol. The quantitative estimate of drug-likeness (QED) is 0.337. The molecule has 0 saturated heterocycles. The minimum Gasteiger partial charge on any atom is -0.475 e. The number of hydrogen-bond donors (Lipinski definition) is 0. The Hall–Kier alpha value is -3.56. The third-order valence-electron chi connectivity index (χ3n) is 4.72. The Balaban J connectivity index is 1.83. The van der Waals surface area contributed by atoms with Crippen LogP contribution in [0.25, 0.3) is 5.69 Å². The normalized spacial score (nSPS) is 12.4. The van der Waals surface area contributed by atoms with Crippen LogP contribution >= 0.6 is 0 Å². The van der Waals surface area contributed by atoms with Gasteiger partial charge in [-0.25, -0.2) is 4.79 Å². The van der Waals surface area contributed by atoms with E-state index in [2.05, 4.69) is 25.7 Å². The molecule has 10 heteroatoms. The second-order valence-corrected chi connectivity index (χ2v) is 6.72. The highest BCUT2D eigenvalue weighted by Crippen LogP contribution is 2.18. The van der Waals surface area contributed by atoms with E-state index in [9.17, 15) is 4.79 Å². The first-order valence-electron chi connectivity index (χ1n) is 9.80. The number of tetrazole rings is 1.